The van der Waals surface area contributed by atoms with Crippen LogP contribution in [-0.4, -0.2) is 36.6 Å². The minimum atomic E-state index is 0.429. The van der Waals surface area contributed by atoms with Crippen LogP contribution in [-0.2, 0) is 0 Å². The first-order valence-electron chi connectivity index (χ1n) is 7.32. The Kier molecular flexibility index (Phi) is 5.46. The van der Waals surface area contributed by atoms with Gasteiger partial charge in [-0.3, -0.25) is 0 Å². The van der Waals surface area contributed by atoms with Crippen molar-refractivity contribution >= 4 is 0 Å². The van der Waals surface area contributed by atoms with Crippen LogP contribution in [0.4, 0.5) is 0 Å². The van der Waals surface area contributed by atoms with Crippen molar-refractivity contribution in [2.24, 2.45) is 11.3 Å². The number of hydrogen-bond acceptors (Lipinski definition) is 2. The molecule has 0 saturated carbocycles. The van der Waals surface area contributed by atoms with E-state index in [4.69, 9.17) is 0 Å². The van der Waals surface area contributed by atoms with Crippen LogP contribution in [0.2, 0.25) is 0 Å². The molecule has 3 atom stereocenters. The number of hydrogen-bond donors (Lipinski definition) is 1. The fourth-order valence-electron chi connectivity index (χ4n) is 2.59. The van der Waals surface area contributed by atoms with Crippen molar-refractivity contribution in [2.45, 2.75) is 66.5 Å². The number of piperidine rings is 1. The maximum atomic E-state index is 3.59. The summed E-state index contributed by atoms with van der Waals surface area (Å²) < 4.78 is 0. The van der Waals surface area contributed by atoms with E-state index in [1.165, 1.54) is 25.9 Å². The first-order valence-corrected chi connectivity index (χ1v) is 7.32. The van der Waals surface area contributed by atoms with Gasteiger partial charge in [0.25, 0.3) is 0 Å². The van der Waals surface area contributed by atoms with Crippen molar-refractivity contribution in [2.75, 3.05) is 19.6 Å². The highest BCUT2D eigenvalue weighted by atomic mass is 15.2. The van der Waals surface area contributed by atoms with Gasteiger partial charge in [-0.25, -0.2) is 0 Å². The van der Waals surface area contributed by atoms with Gasteiger partial charge in [0.1, 0.15) is 0 Å². The third-order valence-corrected chi connectivity index (χ3v) is 4.49. The van der Waals surface area contributed by atoms with Crippen LogP contribution in [0.3, 0.4) is 0 Å². The second kappa shape index (κ2) is 6.19. The number of nitrogens with zero attached hydrogens (tertiary/aromatic N) is 1. The standard InChI is InChI=1S/C15H32N2/c1-7-16-14-8-9-17(13(3)10-14)11-12(2)15(4,5)6/h12-14,16H,7-11H2,1-6H3. The van der Waals surface area contributed by atoms with Crippen LogP contribution in [0.5, 0.6) is 0 Å². The van der Waals surface area contributed by atoms with E-state index >= 15 is 0 Å². The molecule has 0 aliphatic carbocycles. The highest BCUT2D eigenvalue weighted by molar-refractivity contribution is 4.85. The van der Waals surface area contributed by atoms with Crippen LogP contribution in [0.15, 0.2) is 0 Å². The highest BCUT2D eigenvalue weighted by Gasteiger charge is 2.28. The van der Waals surface area contributed by atoms with Crippen molar-refractivity contribution in [3.63, 3.8) is 0 Å². The average molecular weight is 240 g/mol. The lowest BCUT2D eigenvalue weighted by atomic mass is 9.81. The lowest BCUT2D eigenvalue weighted by Crippen LogP contribution is -2.49. The van der Waals surface area contributed by atoms with Gasteiger partial charge in [-0.05, 0) is 44.2 Å². The Hall–Kier alpha value is -0.0800. The smallest absolute Gasteiger partial charge is 0.00939 e. The number of likely N-dealkylation sites (tertiary alicyclic amines) is 1. The average Bonchev–Trinajstić information content (AvgIpc) is 2.21. The van der Waals surface area contributed by atoms with E-state index in [1.54, 1.807) is 0 Å². The normalized spacial score (nSPS) is 29.3. The molecule has 1 heterocycles. The molecule has 0 aromatic heterocycles. The molecule has 0 spiro atoms. The maximum Gasteiger partial charge on any atom is 0.00939 e. The predicted molar refractivity (Wildman–Crippen MR) is 76.4 cm³/mol. The monoisotopic (exact) mass is 240 g/mol. The largest absolute Gasteiger partial charge is 0.314 e. The second-order valence-electron chi connectivity index (χ2n) is 6.89. The summed E-state index contributed by atoms with van der Waals surface area (Å²) in [6.07, 6.45) is 2.62. The molecule has 1 aliphatic heterocycles. The summed E-state index contributed by atoms with van der Waals surface area (Å²) in [4.78, 5) is 2.68. The summed E-state index contributed by atoms with van der Waals surface area (Å²) >= 11 is 0. The van der Waals surface area contributed by atoms with Crippen LogP contribution in [0.25, 0.3) is 0 Å². The van der Waals surface area contributed by atoms with Gasteiger partial charge in [-0.2, -0.15) is 0 Å². The van der Waals surface area contributed by atoms with E-state index < -0.39 is 0 Å². The fraction of sp³-hybridized carbons (Fsp3) is 1.00. The summed E-state index contributed by atoms with van der Waals surface area (Å²) in [5.74, 6) is 0.764. The zero-order chi connectivity index (χ0) is 13.1. The van der Waals surface area contributed by atoms with Crippen molar-refractivity contribution < 1.29 is 0 Å². The summed E-state index contributed by atoms with van der Waals surface area (Å²) in [6.45, 7) is 17.7. The van der Waals surface area contributed by atoms with Crippen LogP contribution in [0.1, 0.15) is 54.4 Å². The molecule has 1 rings (SSSR count). The molecule has 3 unspecified atom stereocenters. The molecule has 1 aliphatic rings. The Balaban J connectivity index is 2.42. The van der Waals surface area contributed by atoms with Gasteiger partial charge < -0.3 is 10.2 Å². The molecule has 0 bridgehead atoms. The van der Waals surface area contributed by atoms with Gasteiger partial charge in [0.05, 0.1) is 0 Å². The molecule has 0 radical (unpaired) electrons. The Morgan fingerprint density at radius 2 is 2.00 bits per heavy atom. The van der Waals surface area contributed by atoms with E-state index in [0.717, 1.165) is 24.5 Å². The Bertz CT molecular complexity index is 219. The molecular weight excluding hydrogens is 208 g/mol. The molecule has 1 saturated heterocycles. The van der Waals surface area contributed by atoms with Crippen LogP contribution in [0, 0.1) is 11.3 Å². The van der Waals surface area contributed by atoms with E-state index in [9.17, 15) is 0 Å². The first-order chi connectivity index (χ1) is 7.84. The third-order valence-electron chi connectivity index (χ3n) is 4.49. The molecule has 0 amide bonds. The van der Waals surface area contributed by atoms with Crippen molar-refractivity contribution in [3.05, 3.63) is 0 Å². The molecule has 102 valence electrons. The number of nitrogens with one attached hydrogen (secondary N) is 1. The van der Waals surface area contributed by atoms with Gasteiger partial charge >= 0.3 is 0 Å². The van der Waals surface area contributed by atoms with E-state index in [2.05, 4.69) is 51.8 Å². The molecule has 17 heavy (non-hydrogen) atoms. The van der Waals surface area contributed by atoms with Gasteiger partial charge in [0.2, 0.25) is 0 Å². The molecule has 2 nitrogen and oxygen atoms in total. The summed E-state index contributed by atoms with van der Waals surface area (Å²) in [7, 11) is 0. The van der Waals surface area contributed by atoms with Gasteiger partial charge in [0.15, 0.2) is 0 Å². The van der Waals surface area contributed by atoms with Crippen LogP contribution < -0.4 is 5.32 Å². The van der Waals surface area contributed by atoms with Crippen molar-refractivity contribution in [1.82, 2.24) is 10.2 Å². The Morgan fingerprint density at radius 3 is 2.47 bits per heavy atom. The molecule has 0 aromatic rings. The summed E-state index contributed by atoms with van der Waals surface area (Å²) in [6, 6.07) is 1.48. The second-order valence-corrected chi connectivity index (χ2v) is 6.89. The Labute approximate surface area is 108 Å². The lowest BCUT2D eigenvalue weighted by Gasteiger charge is -2.41. The van der Waals surface area contributed by atoms with Gasteiger partial charge in [-0.1, -0.05) is 34.6 Å². The zero-order valence-electron chi connectivity index (χ0n) is 12.7. The molecule has 1 fully saturated rings. The zero-order valence-corrected chi connectivity index (χ0v) is 12.7. The van der Waals surface area contributed by atoms with Crippen LogP contribution >= 0.6 is 0 Å². The Morgan fingerprint density at radius 1 is 1.35 bits per heavy atom. The minimum Gasteiger partial charge on any atom is -0.314 e. The van der Waals surface area contributed by atoms with Crippen molar-refractivity contribution in [1.29, 1.82) is 0 Å². The van der Waals surface area contributed by atoms with Gasteiger partial charge in [0, 0.05) is 18.6 Å². The topological polar surface area (TPSA) is 15.3 Å². The summed E-state index contributed by atoms with van der Waals surface area (Å²) in [5.41, 5.74) is 0.429. The molecule has 0 aromatic carbocycles. The fourth-order valence-corrected chi connectivity index (χ4v) is 2.59. The van der Waals surface area contributed by atoms with E-state index in [0.29, 0.717) is 5.41 Å². The SMILES string of the molecule is CCNC1CCN(CC(C)C(C)(C)C)C(C)C1. The van der Waals surface area contributed by atoms with E-state index in [1.807, 2.05) is 0 Å². The minimum absolute atomic E-state index is 0.429. The quantitative estimate of drug-likeness (QED) is 0.812. The van der Waals surface area contributed by atoms with Gasteiger partial charge in [-0.15, -0.1) is 0 Å². The van der Waals surface area contributed by atoms with E-state index in [-0.39, 0.29) is 0 Å². The maximum absolute atomic E-state index is 3.59. The number of rotatable bonds is 4. The molecule has 2 heteroatoms. The predicted octanol–water partition coefficient (Wildman–Crippen LogP) is 3.13. The highest BCUT2D eigenvalue weighted by Crippen LogP contribution is 2.28. The van der Waals surface area contributed by atoms with Crippen molar-refractivity contribution in [3.8, 4) is 0 Å². The molecule has 1 N–H and O–H groups in total. The summed E-state index contributed by atoms with van der Waals surface area (Å²) in [5, 5.41) is 3.59. The first kappa shape index (κ1) is 15.0. The lowest BCUT2D eigenvalue weighted by molar-refractivity contribution is 0.0892. The molecular formula is C15H32N2. The third kappa shape index (κ3) is 4.59.